The second-order valence-corrected chi connectivity index (χ2v) is 6.60. The lowest BCUT2D eigenvalue weighted by atomic mass is 10.2. The molecule has 2 aromatic rings. The van der Waals surface area contributed by atoms with Gasteiger partial charge in [-0.05, 0) is 31.5 Å². The molecule has 3 rings (SSSR count). The molecule has 0 aliphatic carbocycles. The van der Waals surface area contributed by atoms with Crippen LogP contribution in [0.1, 0.15) is 25.0 Å². The summed E-state index contributed by atoms with van der Waals surface area (Å²) in [5.74, 6) is 0.972. The van der Waals surface area contributed by atoms with Crippen molar-refractivity contribution in [3.63, 3.8) is 0 Å². The van der Waals surface area contributed by atoms with E-state index in [4.69, 9.17) is 16.3 Å². The molecule has 0 spiro atoms. The molecule has 1 aliphatic heterocycles. The highest BCUT2D eigenvalue weighted by Gasteiger charge is 2.24. The van der Waals surface area contributed by atoms with E-state index in [0.717, 1.165) is 24.5 Å². The van der Waals surface area contributed by atoms with Gasteiger partial charge in [-0.2, -0.15) is 5.10 Å². The zero-order valence-electron chi connectivity index (χ0n) is 14.8. The third-order valence-corrected chi connectivity index (χ3v) is 4.45. The number of hydrogen-bond acceptors (Lipinski definition) is 4. The van der Waals surface area contributed by atoms with Crippen molar-refractivity contribution in [3.8, 4) is 5.75 Å². The number of benzene rings is 1. The van der Waals surface area contributed by atoms with E-state index in [1.165, 1.54) is 7.11 Å². The molecule has 0 saturated heterocycles. The topological polar surface area (TPSA) is 76.5 Å². The average molecular weight is 377 g/mol. The van der Waals surface area contributed by atoms with Gasteiger partial charge in [-0.3, -0.25) is 14.5 Å². The number of methoxy groups -OCH3 is 1. The summed E-state index contributed by atoms with van der Waals surface area (Å²) in [7, 11) is 1.52. The van der Waals surface area contributed by atoms with Crippen molar-refractivity contribution in [2.45, 2.75) is 32.7 Å². The summed E-state index contributed by atoms with van der Waals surface area (Å²) in [6.07, 6.45) is 1.06. The fraction of sp³-hybridized carbons (Fsp3) is 0.389. The molecule has 2 heterocycles. The number of amides is 2. The molecule has 8 heteroatoms. The normalized spacial score (nSPS) is 13.3. The first-order valence-corrected chi connectivity index (χ1v) is 8.84. The largest absolute Gasteiger partial charge is 0.495 e. The molecule has 0 fully saturated rings. The van der Waals surface area contributed by atoms with Crippen molar-refractivity contribution in [2.75, 3.05) is 23.9 Å². The zero-order chi connectivity index (χ0) is 18.7. The molecule has 0 atom stereocenters. The first-order valence-electron chi connectivity index (χ1n) is 8.46. The van der Waals surface area contributed by atoms with Crippen LogP contribution < -0.4 is 15.0 Å². The van der Waals surface area contributed by atoms with Crippen LogP contribution >= 0.6 is 11.6 Å². The molecular weight excluding hydrogens is 356 g/mol. The Hall–Kier alpha value is -2.54. The Kier molecular flexibility index (Phi) is 5.46. The van der Waals surface area contributed by atoms with Crippen molar-refractivity contribution in [1.29, 1.82) is 0 Å². The van der Waals surface area contributed by atoms with Crippen LogP contribution in [0.4, 0.5) is 11.5 Å². The second kappa shape index (κ2) is 7.78. The fourth-order valence-corrected chi connectivity index (χ4v) is 3.18. The number of aryl methyl sites for hydroxylation is 2. The van der Waals surface area contributed by atoms with Gasteiger partial charge in [-0.1, -0.05) is 11.6 Å². The molecular formula is C18H21ClN4O3. The van der Waals surface area contributed by atoms with E-state index in [-0.39, 0.29) is 24.7 Å². The number of carbonyl (C=O) groups excluding carboxylic acids is 2. The summed E-state index contributed by atoms with van der Waals surface area (Å²) in [6.45, 7) is 3.36. The number of carbonyl (C=O) groups is 2. The van der Waals surface area contributed by atoms with Gasteiger partial charge in [0, 0.05) is 37.0 Å². The SMILES string of the molecule is COc1ccc(Cl)cc1NC(=O)CCC(=O)N1CCCn2nc(C)cc21. The number of aromatic nitrogens is 2. The number of rotatable bonds is 5. The first-order chi connectivity index (χ1) is 12.5. The van der Waals surface area contributed by atoms with Gasteiger partial charge in [-0.15, -0.1) is 0 Å². The molecule has 7 nitrogen and oxygen atoms in total. The number of nitrogens with one attached hydrogen (secondary N) is 1. The third kappa shape index (κ3) is 3.99. The molecule has 26 heavy (non-hydrogen) atoms. The van der Waals surface area contributed by atoms with Gasteiger partial charge in [0.1, 0.15) is 11.6 Å². The van der Waals surface area contributed by atoms with E-state index in [1.54, 1.807) is 23.1 Å². The van der Waals surface area contributed by atoms with Crippen LogP contribution in [0.2, 0.25) is 5.02 Å². The minimum Gasteiger partial charge on any atom is -0.495 e. The van der Waals surface area contributed by atoms with Gasteiger partial charge in [-0.25, -0.2) is 4.68 Å². The van der Waals surface area contributed by atoms with Crippen molar-refractivity contribution in [2.24, 2.45) is 0 Å². The van der Waals surface area contributed by atoms with Gasteiger partial charge >= 0.3 is 0 Å². The highest BCUT2D eigenvalue weighted by molar-refractivity contribution is 6.31. The maximum Gasteiger partial charge on any atom is 0.228 e. The highest BCUT2D eigenvalue weighted by Crippen LogP contribution is 2.28. The van der Waals surface area contributed by atoms with Crippen LogP contribution in [0.15, 0.2) is 24.3 Å². The standard InChI is InChI=1S/C18H21ClN4O3/c1-12-10-17-22(8-3-9-23(17)21-12)18(25)7-6-16(24)20-14-11-13(19)4-5-15(14)26-2/h4-5,10-11H,3,6-9H2,1-2H3,(H,20,24). The van der Waals surface area contributed by atoms with Crippen LogP contribution in [-0.2, 0) is 16.1 Å². The molecule has 0 radical (unpaired) electrons. The van der Waals surface area contributed by atoms with Gasteiger partial charge in [0.05, 0.1) is 18.5 Å². The Bertz CT molecular complexity index is 834. The molecule has 1 aromatic carbocycles. The molecule has 0 saturated carbocycles. The molecule has 1 aromatic heterocycles. The van der Waals surface area contributed by atoms with Crippen LogP contribution in [0.3, 0.4) is 0 Å². The van der Waals surface area contributed by atoms with Gasteiger partial charge in [0.25, 0.3) is 0 Å². The number of ether oxygens (including phenoxy) is 1. The number of hydrogen-bond donors (Lipinski definition) is 1. The first kappa shape index (κ1) is 18.3. The van der Waals surface area contributed by atoms with Crippen LogP contribution in [-0.4, -0.2) is 35.2 Å². The smallest absolute Gasteiger partial charge is 0.228 e. The quantitative estimate of drug-likeness (QED) is 0.870. The van der Waals surface area contributed by atoms with E-state index >= 15 is 0 Å². The van der Waals surface area contributed by atoms with Crippen LogP contribution in [0.25, 0.3) is 0 Å². The Labute approximate surface area is 156 Å². The predicted octanol–water partition coefficient (Wildman–Crippen LogP) is 3.01. The molecule has 1 N–H and O–H groups in total. The molecule has 0 bridgehead atoms. The third-order valence-electron chi connectivity index (χ3n) is 4.21. The Morgan fingerprint density at radius 2 is 2.08 bits per heavy atom. The number of halogens is 1. The maximum absolute atomic E-state index is 12.6. The van der Waals surface area contributed by atoms with Gasteiger partial charge in [0.15, 0.2) is 0 Å². The van der Waals surface area contributed by atoms with Crippen molar-refractivity contribution >= 4 is 34.9 Å². The minimum absolute atomic E-state index is 0.0815. The summed E-state index contributed by atoms with van der Waals surface area (Å²) < 4.78 is 7.05. The molecule has 2 amide bonds. The number of anilines is 2. The number of fused-ring (bicyclic) bond motifs is 1. The van der Waals surface area contributed by atoms with Gasteiger partial charge in [0.2, 0.25) is 11.8 Å². The van der Waals surface area contributed by atoms with Crippen LogP contribution in [0.5, 0.6) is 5.75 Å². The second-order valence-electron chi connectivity index (χ2n) is 6.16. The monoisotopic (exact) mass is 376 g/mol. The van der Waals surface area contributed by atoms with E-state index in [9.17, 15) is 9.59 Å². The predicted molar refractivity (Wildman–Crippen MR) is 99.8 cm³/mol. The Morgan fingerprint density at radius 3 is 2.85 bits per heavy atom. The Morgan fingerprint density at radius 1 is 1.27 bits per heavy atom. The van der Waals surface area contributed by atoms with E-state index < -0.39 is 0 Å². The van der Waals surface area contributed by atoms with Gasteiger partial charge < -0.3 is 10.1 Å². The van der Waals surface area contributed by atoms with Crippen LogP contribution in [0, 0.1) is 6.92 Å². The number of nitrogens with zero attached hydrogens (tertiary/aromatic N) is 3. The lowest BCUT2D eigenvalue weighted by Crippen LogP contribution is -2.37. The lowest BCUT2D eigenvalue weighted by molar-refractivity contribution is -0.122. The molecule has 1 aliphatic rings. The van der Waals surface area contributed by atoms with E-state index in [2.05, 4.69) is 10.4 Å². The van der Waals surface area contributed by atoms with Crippen molar-refractivity contribution in [1.82, 2.24) is 9.78 Å². The van der Waals surface area contributed by atoms with Crippen molar-refractivity contribution in [3.05, 3.63) is 35.0 Å². The molecule has 0 unspecified atom stereocenters. The summed E-state index contributed by atoms with van der Waals surface area (Å²) in [5.41, 5.74) is 1.37. The van der Waals surface area contributed by atoms with Crippen molar-refractivity contribution < 1.29 is 14.3 Å². The van der Waals surface area contributed by atoms with E-state index in [0.29, 0.717) is 23.0 Å². The lowest BCUT2D eigenvalue weighted by Gasteiger charge is -2.27. The fourth-order valence-electron chi connectivity index (χ4n) is 3.01. The maximum atomic E-state index is 12.6. The summed E-state index contributed by atoms with van der Waals surface area (Å²) in [4.78, 5) is 26.5. The summed E-state index contributed by atoms with van der Waals surface area (Å²) >= 11 is 5.96. The summed E-state index contributed by atoms with van der Waals surface area (Å²) in [5, 5.41) is 7.62. The van der Waals surface area contributed by atoms with E-state index in [1.807, 2.05) is 17.7 Å². The summed E-state index contributed by atoms with van der Waals surface area (Å²) in [6, 6.07) is 6.88. The minimum atomic E-state index is -0.263. The Balaban J connectivity index is 1.60. The highest BCUT2D eigenvalue weighted by atomic mass is 35.5. The zero-order valence-corrected chi connectivity index (χ0v) is 15.5. The average Bonchev–Trinajstić information content (AvgIpc) is 3.00. The molecule has 138 valence electrons.